The highest BCUT2D eigenvalue weighted by atomic mass is 32.1. The molecule has 4 nitrogen and oxygen atoms in total. The lowest BCUT2D eigenvalue weighted by atomic mass is 10.4. The molecule has 0 radical (unpaired) electrons. The number of carbonyl (C=O) groups excluding carboxylic acids is 1. The van der Waals surface area contributed by atoms with Crippen LogP contribution in [0.15, 0.2) is 5.51 Å². The van der Waals surface area contributed by atoms with E-state index in [1.54, 1.807) is 12.4 Å². The molecule has 5 heteroatoms. The van der Waals surface area contributed by atoms with E-state index in [1.807, 2.05) is 6.07 Å². The molecule has 68 valence electrons. The Bertz CT molecular complexity index is 353. The van der Waals surface area contributed by atoms with Gasteiger partial charge in [-0.25, -0.2) is 9.78 Å². The highest BCUT2D eigenvalue weighted by molar-refractivity contribution is 7.11. The second-order valence-electron chi connectivity index (χ2n) is 2.44. The second-order valence-corrected chi connectivity index (χ2v) is 3.30. The molecule has 1 atom stereocenters. The number of rotatable bonds is 2. The fraction of sp³-hybridized carbons (Fsp3) is 0.375. The highest BCUT2D eigenvalue weighted by Crippen LogP contribution is 2.13. The van der Waals surface area contributed by atoms with Gasteiger partial charge in [-0.2, -0.15) is 5.26 Å². The lowest BCUT2D eigenvalue weighted by Crippen LogP contribution is -2.12. The van der Waals surface area contributed by atoms with Gasteiger partial charge in [0.05, 0.1) is 11.2 Å². The van der Waals surface area contributed by atoms with Crippen molar-refractivity contribution in [3.05, 3.63) is 16.1 Å². The molecule has 0 aliphatic carbocycles. The van der Waals surface area contributed by atoms with Gasteiger partial charge < -0.3 is 4.74 Å². The maximum absolute atomic E-state index is 11.3. The Morgan fingerprint density at radius 3 is 3.00 bits per heavy atom. The van der Waals surface area contributed by atoms with Gasteiger partial charge in [-0.3, -0.25) is 0 Å². The molecule has 0 aliphatic rings. The van der Waals surface area contributed by atoms with Gasteiger partial charge in [0, 0.05) is 0 Å². The number of carbonyl (C=O) groups is 1. The predicted molar refractivity (Wildman–Crippen MR) is 47.3 cm³/mol. The minimum Gasteiger partial charge on any atom is -0.443 e. The van der Waals surface area contributed by atoms with Crippen LogP contribution >= 0.6 is 11.3 Å². The first-order valence-corrected chi connectivity index (χ1v) is 4.53. The van der Waals surface area contributed by atoms with Crippen LogP contribution in [0.2, 0.25) is 0 Å². The van der Waals surface area contributed by atoms with E-state index in [0.29, 0.717) is 10.6 Å². The number of thiazole rings is 1. The summed E-state index contributed by atoms with van der Waals surface area (Å²) < 4.78 is 4.80. The van der Waals surface area contributed by atoms with Crippen molar-refractivity contribution in [3.8, 4) is 6.07 Å². The van der Waals surface area contributed by atoms with Gasteiger partial charge in [0.15, 0.2) is 6.10 Å². The van der Waals surface area contributed by atoms with E-state index in [4.69, 9.17) is 10.00 Å². The molecule has 1 rings (SSSR count). The second kappa shape index (κ2) is 4.01. The van der Waals surface area contributed by atoms with Crippen LogP contribution in [-0.4, -0.2) is 17.1 Å². The zero-order chi connectivity index (χ0) is 9.84. The molecule has 13 heavy (non-hydrogen) atoms. The normalized spacial score (nSPS) is 11.8. The molecule has 0 aliphatic heterocycles. The molecule has 0 saturated carbocycles. The molecule has 1 aromatic heterocycles. The minimum absolute atomic E-state index is 0.460. The summed E-state index contributed by atoms with van der Waals surface area (Å²) in [5.41, 5.74) is 2.21. The Balaban J connectivity index is 2.71. The zero-order valence-corrected chi connectivity index (χ0v) is 8.09. The Morgan fingerprint density at radius 1 is 1.85 bits per heavy atom. The molecule has 0 bridgehead atoms. The summed E-state index contributed by atoms with van der Waals surface area (Å²) in [6, 6.07) is 1.82. The monoisotopic (exact) mass is 196 g/mol. The molecule has 0 saturated heterocycles. The summed E-state index contributed by atoms with van der Waals surface area (Å²) in [5, 5.41) is 8.41. The van der Waals surface area contributed by atoms with Crippen LogP contribution < -0.4 is 0 Å². The fourth-order valence-corrected chi connectivity index (χ4v) is 1.42. The molecule has 0 spiro atoms. The van der Waals surface area contributed by atoms with Crippen LogP contribution in [0.4, 0.5) is 0 Å². The van der Waals surface area contributed by atoms with Crippen molar-refractivity contribution >= 4 is 17.3 Å². The van der Waals surface area contributed by atoms with Crippen molar-refractivity contribution in [2.75, 3.05) is 0 Å². The maximum atomic E-state index is 11.3. The van der Waals surface area contributed by atoms with E-state index < -0.39 is 12.1 Å². The standard InChI is InChI=1S/C8H8N2O2S/c1-5(3-9)12-8(11)7-6(2)10-4-13-7/h4-5H,1-2H3. The molecular formula is C8H8N2O2S. The van der Waals surface area contributed by atoms with Gasteiger partial charge in [-0.1, -0.05) is 0 Å². The van der Waals surface area contributed by atoms with E-state index in [1.165, 1.54) is 18.3 Å². The lowest BCUT2D eigenvalue weighted by Gasteiger charge is -2.03. The Labute approximate surface area is 79.8 Å². The average Bonchev–Trinajstić information content (AvgIpc) is 2.51. The first-order valence-electron chi connectivity index (χ1n) is 3.66. The Hall–Kier alpha value is -1.41. The van der Waals surface area contributed by atoms with E-state index in [-0.39, 0.29) is 0 Å². The van der Waals surface area contributed by atoms with Crippen LogP contribution in [0, 0.1) is 18.3 Å². The van der Waals surface area contributed by atoms with Gasteiger partial charge in [0.2, 0.25) is 0 Å². The molecule has 0 amide bonds. The molecule has 0 aromatic carbocycles. The van der Waals surface area contributed by atoms with Crippen LogP contribution in [-0.2, 0) is 4.74 Å². The summed E-state index contributed by atoms with van der Waals surface area (Å²) >= 11 is 1.22. The number of ether oxygens (including phenoxy) is 1. The minimum atomic E-state index is -0.714. The maximum Gasteiger partial charge on any atom is 0.351 e. The van der Waals surface area contributed by atoms with Gasteiger partial charge in [0.1, 0.15) is 10.9 Å². The number of esters is 1. The Kier molecular flexibility index (Phi) is 2.98. The third-order valence-corrected chi connectivity index (χ3v) is 2.31. The van der Waals surface area contributed by atoms with Crippen molar-refractivity contribution in [2.45, 2.75) is 20.0 Å². The third kappa shape index (κ3) is 2.26. The summed E-state index contributed by atoms with van der Waals surface area (Å²) in [4.78, 5) is 15.7. The number of nitriles is 1. The van der Waals surface area contributed by atoms with Gasteiger partial charge in [0.25, 0.3) is 0 Å². The number of hydrogen-bond donors (Lipinski definition) is 0. The van der Waals surface area contributed by atoms with Crippen LogP contribution in [0.1, 0.15) is 22.3 Å². The number of aromatic nitrogens is 1. The van der Waals surface area contributed by atoms with Gasteiger partial charge >= 0.3 is 5.97 Å². The molecule has 0 N–H and O–H groups in total. The van der Waals surface area contributed by atoms with E-state index >= 15 is 0 Å². The number of aryl methyl sites for hydroxylation is 1. The Morgan fingerprint density at radius 2 is 2.54 bits per heavy atom. The summed E-state index contributed by atoms with van der Waals surface area (Å²) in [6.45, 7) is 3.25. The van der Waals surface area contributed by atoms with Crippen LogP contribution in [0.5, 0.6) is 0 Å². The quantitative estimate of drug-likeness (QED) is 0.673. The topological polar surface area (TPSA) is 63.0 Å². The molecule has 0 fully saturated rings. The van der Waals surface area contributed by atoms with E-state index in [2.05, 4.69) is 4.98 Å². The SMILES string of the molecule is Cc1ncsc1C(=O)OC(C)C#N. The van der Waals surface area contributed by atoms with E-state index in [0.717, 1.165) is 0 Å². The van der Waals surface area contributed by atoms with Gasteiger partial charge in [-0.05, 0) is 13.8 Å². The molecule has 1 heterocycles. The van der Waals surface area contributed by atoms with E-state index in [9.17, 15) is 4.79 Å². The summed E-state index contributed by atoms with van der Waals surface area (Å²) in [6.07, 6.45) is -0.714. The lowest BCUT2D eigenvalue weighted by molar-refractivity contribution is 0.0440. The van der Waals surface area contributed by atoms with Crippen molar-refractivity contribution in [3.63, 3.8) is 0 Å². The number of nitrogens with zero attached hydrogens (tertiary/aromatic N) is 2. The smallest absolute Gasteiger partial charge is 0.351 e. The van der Waals surface area contributed by atoms with Gasteiger partial charge in [-0.15, -0.1) is 11.3 Å². The van der Waals surface area contributed by atoms with Crippen molar-refractivity contribution < 1.29 is 9.53 Å². The largest absolute Gasteiger partial charge is 0.443 e. The third-order valence-electron chi connectivity index (χ3n) is 1.40. The van der Waals surface area contributed by atoms with Crippen molar-refractivity contribution in [2.24, 2.45) is 0 Å². The predicted octanol–water partition coefficient (Wildman–Crippen LogP) is 1.52. The summed E-state index contributed by atoms with van der Waals surface area (Å²) in [7, 11) is 0. The highest BCUT2D eigenvalue weighted by Gasteiger charge is 2.15. The molecular weight excluding hydrogens is 188 g/mol. The molecule has 1 unspecified atom stereocenters. The summed E-state index contributed by atoms with van der Waals surface area (Å²) in [5.74, 6) is -0.478. The van der Waals surface area contributed by atoms with Crippen molar-refractivity contribution in [1.29, 1.82) is 5.26 Å². The van der Waals surface area contributed by atoms with Crippen molar-refractivity contribution in [1.82, 2.24) is 4.98 Å². The number of hydrogen-bond acceptors (Lipinski definition) is 5. The first-order chi connectivity index (χ1) is 6.15. The fourth-order valence-electron chi connectivity index (χ4n) is 0.738. The average molecular weight is 196 g/mol. The van der Waals surface area contributed by atoms with Crippen LogP contribution in [0.25, 0.3) is 0 Å². The zero-order valence-electron chi connectivity index (χ0n) is 7.27. The van der Waals surface area contributed by atoms with Crippen LogP contribution in [0.3, 0.4) is 0 Å². The molecule has 1 aromatic rings. The first kappa shape index (κ1) is 9.68.